The molecule has 84 valence electrons. The highest BCUT2D eigenvalue weighted by Crippen LogP contribution is 2.27. The first-order chi connectivity index (χ1) is 6.72. The molecule has 15 heavy (non-hydrogen) atoms. The van der Waals surface area contributed by atoms with Crippen LogP contribution in [0.15, 0.2) is 18.3 Å². The molecule has 0 spiro atoms. The molecule has 0 radical (unpaired) electrons. The van der Waals surface area contributed by atoms with Crippen LogP contribution in [0.2, 0.25) is 0 Å². The molecular weight excluding hydrogens is 239 g/mol. The maximum atomic E-state index is 11.8. The average Bonchev–Trinajstić information content (AvgIpc) is 2.00. The third kappa shape index (κ3) is 2.72. The lowest BCUT2D eigenvalue weighted by atomic mass is 10.4. The van der Waals surface area contributed by atoms with E-state index in [1.165, 1.54) is 0 Å². The van der Waals surface area contributed by atoms with Crippen LogP contribution in [-0.2, 0) is 10.1 Å². The van der Waals surface area contributed by atoms with Gasteiger partial charge in [-0.05, 0) is 0 Å². The van der Waals surface area contributed by atoms with Crippen molar-refractivity contribution in [1.29, 1.82) is 0 Å². The lowest BCUT2D eigenvalue weighted by Gasteiger charge is -2.08. The van der Waals surface area contributed by atoms with Crippen molar-refractivity contribution in [2.75, 3.05) is 0 Å². The van der Waals surface area contributed by atoms with Gasteiger partial charge in [-0.3, -0.25) is 0 Å². The molecule has 5 nitrogen and oxygen atoms in total. The third-order valence-corrected chi connectivity index (χ3v) is 2.19. The van der Waals surface area contributed by atoms with Crippen molar-refractivity contribution >= 4 is 10.1 Å². The van der Waals surface area contributed by atoms with Gasteiger partial charge in [-0.1, -0.05) is 0 Å². The second-order valence-corrected chi connectivity index (χ2v) is 3.87. The predicted molar refractivity (Wildman–Crippen MR) is 41.5 cm³/mol. The molecule has 0 amide bonds. The summed E-state index contributed by atoms with van der Waals surface area (Å²) in [5.74, 6) is -1.32. The van der Waals surface area contributed by atoms with E-state index in [-0.39, 0.29) is 0 Å². The second kappa shape index (κ2) is 3.57. The van der Waals surface area contributed by atoms with Crippen molar-refractivity contribution in [1.82, 2.24) is 4.98 Å². The van der Waals surface area contributed by atoms with Gasteiger partial charge in [0, 0.05) is 18.3 Å². The summed E-state index contributed by atoms with van der Waals surface area (Å²) in [7, 11) is -5.71. The zero-order chi connectivity index (χ0) is 11.7. The minimum atomic E-state index is -5.71. The molecule has 1 heterocycles. The minimum Gasteiger partial charge on any atom is -0.493 e. The smallest absolute Gasteiger partial charge is 0.493 e. The summed E-state index contributed by atoms with van der Waals surface area (Å²) in [6, 6.07) is 1.51. The van der Waals surface area contributed by atoms with Gasteiger partial charge in [0.05, 0.1) is 0 Å². The maximum Gasteiger partial charge on any atom is 0.534 e. The van der Waals surface area contributed by atoms with Gasteiger partial charge >= 0.3 is 15.6 Å². The zero-order valence-corrected chi connectivity index (χ0v) is 7.71. The van der Waals surface area contributed by atoms with Crippen molar-refractivity contribution in [3.63, 3.8) is 0 Å². The number of alkyl halides is 3. The summed E-state index contributed by atoms with van der Waals surface area (Å²) in [4.78, 5) is 3.23. The Balaban J connectivity index is 2.98. The number of aromatic hydroxyl groups is 1. The maximum absolute atomic E-state index is 11.8. The SMILES string of the molecule is O=S(=O)(Oc1ccnc(O)c1)C(F)(F)F. The molecule has 1 N–H and O–H groups in total. The number of halogens is 3. The lowest BCUT2D eigenvalue weighted by Crippen LogP contribution is -2.28. The van der Waals surface area contributed by atoms with Crippen LogP contribution in [0.4, 0.5) is 13.2 Å². The van der Waals surface area contributed by atoms with Gasteiger partial charge < -0.3 is 9.29 Å². The zero-order valence-electron chi connectivity index (χ0n) is 6.89. The fourth-order valence-electron chi connectivity index (χ4n) is 0.625. The molecule has 0 aliphatic heterocycles. The van der Waals surface area contributed by atoms with Gasteiger partial charge in [-0.15, -0.1) is 0 Å². The van der Waals surface area contributed by atoms with E-state index in [1.807, 2.05) is 0 Å². The Bertz CT molecular complexity index is 456. The molecule has 0 aromatic carbocycles. The topological polar surface area (TPSA) is 76.5 Å². The molecule has 0 unspecified atom stereocenters. The Labute approximate surface area is 82.3 Å². The largest absolute Gasteiger partial charge is 0.534 e. The summed E-state index contributed by atoms with van der Waals surface area (Å²) in [6.07, 6.45) is 0.899. The van der Waals surface area contributed by atoms with E-state index >= 15 is 0 Å². The molecule has 1 rings (SSSR count). The van der Waals surface area contributed by atoms with Gasteiger partial charge in [0.1, 0.15) is 5.75 Å². The van der Waals surface area contributed by atoms with E-state index in [2.05, 4.69) is 9.17 Å². The third-order valence-electron chi connectivity index (χ3n) is 1.21. The van der Waals surface area contributed by atoms with E-state index in [0.29, 0.717) is 6.07 Å². The molecule has 0 fully saturated rings. The number of hydrogen-bond acceptors (Lipinski definition) is 5. The first-order valence-corrected chi connectivity index (χ1v) is 4.79. The Morgan fingerprint density at radius 3 is 2.47 bits per heavy atom. The van der Waals surface area contributed by atoms with Crippen LogP contribution in [0, 0.1) is 0 Å². The lowest BCUT2D eigenvalue weighted by molar-refractivity contribution is -0.0500. The van der Waals surface area contributed by atoms with Crippen LogP contribution in [0.5, 0.6) is 11.6 Å². The van der Waals surface area contributed by atoms with Gasteiger partial charge in [-0.25, -0.2) is 4.98 Å². The molecule has 0 bridgehead atoms. The fraction of sp³-hybridized carbons (Fsp3) is 0.167. The van der Waals surface area contributed by atoms with E-state index in [1.54, 1.807) is 0 Å². The average molecular weight is 243 g/mol. The highest BCUT2D eigenvalue weighted by molar-refractivity contribution is 7.87. The van der Waals surface area contributed by atoms with Crippen LogP contribution >= 0.6 is 0 Å². The highest BCUT2D eigenvalue weighted by Gasteiger charge is 2.48. The Morgan fingerprint density at radius 1 is 1.40 bits per heavy atom. The summed E-state index contributed by atoms with van der Waals surface area (Å²) >= 11 is 0. The normalized spacial score (nSPS) is 12.5. The number of pyridine rings is 1. The molecule has 0 aliphatic rings. The Morgan fingerprint density at radius 2 is 2.00 bits per heavy atom. The molecule has 0 aliphatic carbocycles. The molecular formula is C6H4F3NO4S. The van der Waals surface area contributed by atoms with E-state index < -0.39 is 27.3 Å². The molecule has 0 saturated heterocycles. The summed E-state index contributed by atoms with van der Waals surface area (Å²) in [6.45, 7) is 0. The van der Waals surface area contributed by atoms with Crippen LogP contribution in [0.1, 0.15) is 0 Å². The molecule has 9 heteroatoms. The molecule has 0 saturated carbocycles. The molecule has 1 aromatic heterocycles. The highest BCUT2D eigenvalue weighted by atomic mass is 32.2. The van der Waals surface area contributed by atoms with Gasteiger partial charge in [-0.2, -0.15) is 21.6 Å². The van der Waals surface area contributed by atoms with Gasteiger partial charge in [0.2, 0.25) is 5.88 Å². The summed E-state index contributed by atoms with van der Waals surface area (Å²) < 4.78 is 60.1. The molecule has 1 aromatic rings. The quantitative estimate of drug-likeness (QED) is 0.619. The van der Waals surface area contributed by atoms with E-state index in [9.17, 15) is 21.6 Å². The van der Waals surface area contributed by atoms with Crippen LogP contribution in [0.3, 0.4) is 0 Å². The number of hydrogen-bond donors (Lipinski definition) is 1. The van der Waals surface area contributed by atoms with Crippen LogP contribution in [-0.4, -0.2) is 24.0 Å². The van der Waals surface area contributed by atoms with Gasteiger partial charge in [0.15, 0.2) is 0 Å². The van der Waals surface area contributed by atoms with Crippen molar-refractivity contribution in [3.8, 4) is 11.6 Å². The minimum absolute atomic E-state index is 0.642. The summed E-state index contributed by atoms with van der Waals surface area (Å²) in [5.41, 5.74) is -5.51. The van der Waals surface area contributed by atoms with Crippen molar-refractivity contribution in [2.24, 2.45) is 0 Å². The van der Waals surface area contributed by atoms with Crippen molar-refractivity contribution in [3.05, 3.63) is 18.3 Å². The monoisotopic (exact) mass is 243 g/mol. The molecule has 0 atom stereocenters. The first kappa shape index (κ1) is 11.6. The number of rotatable bonds is 2. The van der Waals surface area contributed by atoms with Crippen molar-refractivity contribution < 1.29 is 30.9 Å². The standard InChI is InChI=1S/C6H4F3NO4S/c7-6(8,9)15(12,13)14-4-1-2-10-5(11)3-4/h1-3H,(H,10,11). The van der Waals surface area contributed by atoms with Gasteiger partial charge in [0.25, 0.3) is 0 Å². The number of nitrogens with zero attached hydrogens (tertiary/aromatic N) is 1. The first-order valence-electron chi connectivity index (χ1n) is 3.38. The number of aromatic nitrogens is 1. The van der Waals surface area contributed by atoms with E-state index in [0.717, 1.165) is 12.3 Å². The van der Waals surface area contributed by atoms with E-state index in [4.69, 9.17) is 5.11 Å². The van der Waals surface area contributed by atoms with Crippen LogP contribution < -0.4 is 4.18 Å². The summed E-state index contributed by atoms with van der Waals surface area (Å²) in [5, 5.41) is 8.75. The second-order valence-electron chi connectivity index (χ2n) is 2.33. The Hall–Kier alpha value is -1.51. The van der Waals surface area contributed by atoms with Crippen LogP contribution in [0.25, 0.3) is 0 Å². The van der Waals surface area contributed by atoms with Crippen molar-refractivity contribution in [2.45, 2.75) is 5.51 Å². The predicted octanol–water partition coefficient (Wildman–Crippen LogP) is 1.02. The fourth-order valence-corrected chi connectivity index (χ4v) is 1.08. The Kier molecular flexibility index (Phi) is 2.75.